The third-order valence-corrected chi connectivity index (χ3v) is 4.07. The predicted octanol–water partition coefficient (Wildman–Crippen LogP) is 4.06. The predicted molar refractivity (Wildman–Crippen MR) is 95.6 cm³/mol. The summed E-state index contributed by atoms with van der Waals surface area (Å²) in [5.74, 6) is -0.387. The van der Waals surface area contributed by atoms with Gasteiger partial charge in [-0.15, -0.1) is 0 Å². The number of benzene rings is 1. The van der Waals surface area contributed by atoms with Gasteiger partial charge in [-0.2, -0.15) is 13.2 Å². The van der Waals surface area contributed by atoms with Gasteiger partial charge in [0.25, 0.3) is 5.91 Å². The molecular formula is C18H14ClF3N4O. The molecular weight excluding hydrogens is 381 g/mol. The number of nitrogen functional groups attached to an aromatic ring is 1. The lowest BCUT2D eigenvalue weighted by Crippen LogP contribution is -2.25. The molecule has 0 saturated heterocycles. The van der Waals surface area contributed by atoms with Crippen molar-refractivity contribution >= 4 is 23.2 Å². The van der Waals surface area contributed by atoms with Gasteiger partial charge < -0.3 is 11.1 Å². The van der Waals surface area contributed by atoms with Crippen LogP contribution in [0.1, 0.15) is 21.6 Å². The zero-order chi connectivity index (χ0) is 19.6. The van der Waals surface area contributed by atoms with Gasteiger partial charge in [0, 0.05) is 24.6 Å². The first-order chi connectivity index (χ1) is 12.8. The Bertz CT molecular complexity index is 967. The van der Waals surface area contributed by atoms with Crippen LogP contribution in [0.4, 0.5) is 18.9 Å². The second kappa shape index (κ2) is 7.32. The van der Waals surface area contributed by atoms with Crippen LogP contribution in [0.5, 0.6) is 0 Å². The fourth-order valence-corrected chi connectivity index (χ4v) is 2.68. The van der Waals surface area contributed by atoms with Crippen molar-refractivity contribution in [3.8, 4) is 5.82 Å². The van der Waals surface area contributed by atoms with E-state index in [-0.39, 0.29) is 23.1 Å². The lowest BCUT2D eigenvalue weighted by atomic mass is 10.2. The quantitative estimate of drug-likeness (QED) is 0.655. The summed E-state index contributed by atoms with van der Waals surface area (Å²) in [6, 6.07) is 10.9. The van der Waals surface area contributed by atoms with E-state index in [4.69, 9.17) is 17.3 Å². The first-order valence-corrected chi connectivity index (χ1v) is 8.16. The van der Waals surface area contributed by atoms with Crippen molar-refractivity contribution in [2.45, 2.75) is 12.7 Å². The molecule has 1 aromatic carbocycles. The van der Waals surface area contributed by atoms with Crippen molar-refractivity contribution in [2.24, 2.45) is 0 Å². The number of nitrogens with one attached hydrogen (secondary N) is 1. The van der Waals surface area contributed by atoms with Crippen LogP contribution >= 0.6 is 11.6 Å². The molecule has 3 rings (SSSR count). The summed E-state index contributed by atoms with van der Waals surface area (Å²) in [6.07, 6.45) is -2.37. The number of anilines is 1. The number of aromatic nitrogens is 2. The van der Waals surface area contributed by atoms with Crippen LogP contribution in [0.15, 0.2) is 54.9 Å². The van der Waals surface area contributed by atoms with Gasteiger partial charge in [0.1, 0.15) is 5.69 Å². The third kappa shape index (κ3) is 4.22. The monoisotopic (exact) mass is 394 g/mol. The summed E-state index contributed by atoms with van der Waals surface area (Å²) in [5, 5.41) is 2.52. The van der Waals surface area contributed by atoms with Crippen LogP contribution in [0.3, 0.4) is 0 Å². The highest BCUT2D eigenvalue weighted by atomic mass is 35.5. The number of carbonyl (C=O) groups is 1. The van der Waals surface area contributed by atoms with Gasteiger partial charge in [-0.05, 0) is 35.9 Å². The number of hydrogen-bond acceptors (Lipinski definition) is 3. The first kappa shape index (κ1) is 18.8. The summed E-state index contributed by atoms with van der Waals surface area (Å²) in [5.41, 5.74) is 6.31. The number of halogens is 4. The smallest absolute Gasteiger partial charge is 0.399 e. The summed E-state index contributed by atoms with van der Waals surface area (Å²) in [6.45, 7) is 0.262. The highest BCUT2D eigenvalue weighted by Crippen LogP contribution is 2.32. The fraction of sp³-hybridized carbons (Fsp3) is 0.111. The topological polar surface area (TPSA) is 72.9 Å². The molecule has 3 N–H and O–H groups in total. The second-order valence-corrected chi connectivity index (χ2v) is 6.12. The lowest BCUT2D eigenvalue weighted by Gasteiger charge is -2.12. The number of alkyl halides is 3. The van der Waals surface area contributed by atoms with E-state index in [1.807, 2.05) is 0 Å². The van der Waals surface area contributed by atoms with Crippen molar-refractivity contribution in [2.75, 3.05) is 5.73 Å². The SMILES string of the molecule is Nc1ccc(CNC(=O)c2cccn2-c2ncc(C(F)(F)F)cc2Cl)cc1. The molecule has 140 valence electrons. The molecule has 0 saturated carbocycles. The van der Waals surface area contributed by atoms with Gasteiger partial charge in [-0.25, -0.2) is 4.98 Å². The molecule has 0 bridgehead atoms. The van der Waals surface area contributed by atoms with E-state index in [0.29, 0.717) is 11.9 Å². The molecule has 1 amide bonds. The minimum absolute atomic E-state index is 0.0345. The standard InChI is InChI=1S/C18H14ClF3N4O/c19-14-8-12(18(20,21)22)10-24-16(14)26-7-1-2-15(26)17(27)25-9-11-3-5-13(23)6-4-11/h1-8,10H,9,23H2,(H,25,27). The average molecular weight is 395 g/mol. The Hall–Kier alpha value is -3.00. The Morgan fingerprint density at radius 2 is 1.93 bits per heavy atom. The van der Waals surface area contributed by atoms with E-state index < -0.39 is 17.6 Å². The minimum atomic E-state index is -4.55. The van der Waals surface area contributed by atoms with Gasteiger partial charge in [0.05, 0.1) is 10.6 Å². The molecule has 5 nitrogen and oxygen atoms in total. The average Bonchev–Trinajstić information content (AvgIpc) is 3.09. The summed E-state index contributed by atoms with van der Waals surface area (Å²) in [7, 11) is 0. The van der Waals surface area contributed by atoms with E-state index in [1.165, 1.54) is 16.8 Å². The highest BCUT2D eigenvalue weighted by molar-refractivity contribution is 6.32. The maximum absolute atomic E-state index is 12.8. The number of rotatable bonds is 4. The molecule has 0 aliphatic heterocycles. The molecule has 27 heavy (non-hydrogen) atoms. The highest BCUT2D eigenvalue weighted by Gasteiger charge is 2.32. The zero-order valence-electron chi connectivity index (χ0n) is 13.8. The number of hydrogen-bond donors (Lipinski definition) is 2. The number of amides is 1. The van der Waals surface area contributed by atoms with E-state index in [2.05, 4.69) is 10.3 Å². The van der Waals surface area contributed by atoms with Crippen LogP contribution in [0.25, 0.3) is 5.82 Å². The molecule has 0 unspecified atom stereocenters. The van der Waals surface area contributed by atoms with Gasteiger partial charge in [0.2, 0.25) is 0 Å². The Morgan fingerprint density at radius 3 is 2.56 bits per heavy atom. The summed E-state index contributed by atoms with van der Waals surface area (Å²) >= 11 is 5.96. The Balaban J connectivity index is 1.81. The van der Waals surface area contributed by atoms with E-state index in [9.17, 15) is 18.0 Å². The first-order valence-electron chi connectivity index (χ1n) is 7.79. The summed E-state index contributed by atoms with van der Waals surface area (Å²) in [4.78, 5) is 16.2. The second-order valence-electron chi connectivity index (χ2n) is 5.71. The number of nitrogens with two attached hydrogens (primary N) is 1. The Kier molecular flexibility index (Phi) is 5.09. The van der Waals surface area contributed by atoms with Crippen LogP contribution in [0, 0.1) is 0 Å². The van der Waals surface area contributed by atoms with Crippen molar-refractivity contribution in [3.63, 3.8) is 0 Å². The molecule has 0 aliphatic carbocycles. The van der Waals surface area contributed by atoms with Crippen LogP contribution in [-0.2, 0) is 12.7 Å². The Morgan fingerprint density at radius 1 is 1.22 bits per heavy atom. The fourth-order valence-electron chi connectivity index (χ4n) is 2.42. The molecule has 2 heterocycles. The van der Waals surface area contributed by atoms with Crippen LogP contribution in [0.2, 0.25) is 5.02 Å². The van der Waals surface area contributed by atoms with Crippen LogP contribution < -0.4 is 11.1 Å². The molecule has 0 spiro atoms. The maximum Gasteiger partial charge on any atom is 0.417 e. The Labute approximate surface area is 157 Å². The van der Waals surface area contributed by atoms with Crippen molar-refractivity contribution in [3.05, 3.63) is 76.7 Å². The van der Waals surface area contributed by atoms with Gasteiger partial charge in [0.15, 0.2) is 5.82 Å². The van der Waals surface area contributed by atoms with Crippen LogP contribution in [-0.4, -0.2) is 15.5 Å². The van der Waals surface area contributed by atoms with E-state index in [0.717, 1.165) is 11.6 Å². The van der Waals surface area contributed by atoms with Gasteiger partial charge >= 0.3 is 6.18 Å². The van der Waals surface area contributed by atoms with Crippen molar-refractivity contribution < 1.29 is 18.0 Å². The largest absolute Gasteiger partial charge is 0.417 e. The molecule has 0 aliphatic rings. The molecule has 0 fully saturated rings. The number of carbonyl (C=O) groups excluding carboxylic acids is 1. The number of nitrogens with zero attached hydrogens (tertiary/aromatic N) is 2. The zero-order valence-corrected chi connectivity index (χ0v) is 14.6. The molecule has 2 aromatic heterocycles. The normalized spacial score (nSPS) is 11.4. The van der Waals surface area contributed by atoms with E-state index >= 15 is 0 Å². The molecule has 0 radical (unpaired) electrons. The molecule has 9 heteroatoms. The molecule has 3 aromatic rings. The van der Waals surface area contributed by atoms with Crippen molar-refractivity contribution in [1.82, 2.24) is 14.9 Å². The maximum atomic E-state index is 12.8. The van der Waals surface area contributed by atoms with E-state index in [1.54, 1.807) is 30.3 Å². The van der Waals surface area contributed by atoms with Crippen molar-refractivity contribution in [1.29, 1.82) is 0 Å². The molecule has 0 atom stereocenters. The summed E-state index contributed by atoms with van der Waals surface area (Å²) < 4.78 is 39.6. The van der Waals surface area contributed by atoms with Gasteiger partial charge in [-0.3, -0.25) is 9.36 Å². The minimum Gasteiger partial charge on any atom is -0.399 e. The number of pyridine rings is 1. The lowest BCUT2D eigenvalue weighted by molar-refractivity contribution is -0.137. The van der Waals surface area contributed by atoms with Gasteiger partial charge in [-0.1, -0.05) is 23.7 Å². The third-order valence-electron chi connectivity index (χ3n) is 3.79.